The zero-order valence-electron chi connectivity index (χ0n) is 7.95. The van der Waals surface area contributed by atoms with Crippen molar-refractivity contribution < 1.29 is 5.11 Å². The molecule has 1 heterocycles. The first kappa shape index (κ1) is 10.2. The van der Waals surface area contributed by atoms with E-state index in [1.165, 1.54) is 5.56 Å². The molecule has 0 saturated carbocycles. The molecular weight excluding hydrogens is 164 g/mol. The van der Waals surface area contributed by atoms with Crippen LogP contribution < -0.4 is 5.32 Å². The van der Waals surface area contributed by atoms with Gasteiger partial charge >= 0.3 is 0 Å². The number of aromatic nitrogens is 1. The summed E-state index contributed by atoms with van der Waals surface area (Å²) >= 11 is 0. The molecule has 2 N–H and O–H groups in total. The Morgan fingerprint density at radius 2 is 2.38 bits per heavy atom. The summed E-state index contributed by atoms with van der Waals surface area (Å²) in [5.41, 5.74) is 2.35. The minimum Gasteiger partial charge on any atom is -0.395 e. The minimum atomic E-state index is 0.175. The highest BCUT2D eigenvalue weighted by Crippen LogP contribution is 2.04. The van der Waals surface area contributed by atoms with E-state index in [0.29, 0.717) is 6.54 Å². The van der Waals surface area contributed by atoms with Crippen molar-refractivity contribution in [1.82, 2.24) is 10.3 Å². The quantitative estimate of drug-likeness (QED) is 0.656. The van der Waals surface area contributed by atoms with Crippen LogP contribution in [0.2, 0.25) is 0 Å². The molecule has 0 saturated heterocycles. The molecule has 0 amide bonds. The molecule has 72 valence electrons. The number of rotatable bonds is 5. The first-order valence-corrected chi connectivity index (χ1v) is 4.62. The van der Waals surface area contributed by atoms with E-state index in [2.05, 4.69) is 23.3 Å². The van der Waals surface area contributed by atoms with Gasteiger partial charge in [-0.05, 0) is 18.1 Å². The van der Waals surface area contributed by atoms with Crippen molar-refractivity contribution in [3.05, 3.63) is 29.6 Å². The maximum absolute atomic E-state index is 8.59. The lowest BCUT2D eigenvalue weighted by molar-refractivity contribution is 0.291. The van der Waals surface area contributed by atoms with Crippen LogP contribution in [-0.4, -0.2) is 23.2 Å². The fourth-order valence-corrected chi connectivity index (χ4v) is 1.24. The van der Waals surface area contributed by atoms with Crippen LogP contribution in [0.4, 0.5) is 0 Å². The second-order valence-electron chi connectivity index (χ2n) is 2.86. The van der Waals surface area contributed by atoms with Crippen molar-refractivity contribution in [2.24, 2.45) is 0 Å². The molecule has 0 aliphatic rings. The largest absolute Gasteiger partial charge is 0.395 e. The summed E-state index contributed by atoms with van der Waals surface area (Å²) in [6, 6.07) is 4.04. The van der Waals surface area contributed by atoms with Crippen molar-refractivity contribution in [2.45, 2.75) is 19.9 Å². The van der Waals surface area contributed by atoms with Crippen LogP contribution in [0.1, 0.15) is 18.2 Å². The molecule has 0 atom stereocenters. The normalized spacial score (nSPS) is 10.3. The Bertz CT molecular complexity index is 250. The summed E-state index contributed by atoms with van der Waals surface area (Å²) in [6.45, 7) is 3.66. The number of pyridine rings is 1. The molecule has 3 heteroatoms. The molecule has 3 nitrogen and oxygen atoms in total. The summed E-state index contributed by atoms with van der Waals surface area (Å²) in [7, 11) is 0. The highest BCUT2D eigenvalue weighted by molar-refractivity contribution is 5.19. The van der Waals surface area contributed by atoms with Gasteiger partial charge in [-0.3, -0.25) is 4.98 Å². The van der Waals surface area contributed by atoms with Gasteiger partial charge in [0.15, 0.2) is 0 Å². The number of hydrogen-bond donors (Lipinski definition) is 2. The summed E-state index contributed by atoms with van der Waals surface area (Å²) in [5, 5.41) is 11.7. The van der Waals surface area contributed by atoms with Crippen LogP contribution in [0.5, 0.6) is 0 Å². The van der Waals surface area contributed by atoms with Gasteiger partial charge in [-0.25, -0.2) is 0 Å². The third-order valence-electron chi connectivity index (χ3n) is 1.95. The van der Waals surface area contributed by atoms with Crippen LogP contribution >= 0.6 is 0 Å². The van der Waals surface area contributed by atoms with Crippen LogP contribution in [0.3, 0.4) is 0 Å². The van der Waals surface area contributed by atoms with E-state index in [9.17, 15) is 0 Å². The molecule has 0 aliphatic heterocycles. The van der Waals surface area contributed by atoms with Gasteiger partial charge < -0.3 is 10.4 Å². The Balaban J connectivity index is 2.54. The molecule has 1 aromatic rings. The minimum absolute atomic E-state index is 0.175. The van der Waals surface area contributed by atoms with Gasteiger partial charge in [0.2, 0.25) is 0 Å². The molecule has 0 bridgehead atoms. The fourth-order valence-electron chi connectivity index (χ4n) is 1.24. The average Bonchev–Trinajstić information content (AvgIpc) is 2.19. The van der Waals surface area contributed by atoms with Gasteiger partial charge in [-0.1, -0.05) is 13.0 Å². The number of hydrogen-bond acceptors (Lipinski definition) is 3. The summed E-state index contributed by atoms with van der Waals surface area (Å²) in [4.78, 5) is 4.28. The first-order chi connectivity index (χ1) is 6.38. The highest BCUT2D eigenvalue weighted by Gasteiger charge is 1.99. The maximum Gasteiger partial charge on any atom is 0.0573 e. The molecule has 0 aromatic carbocycles. The molecule has 0 aliphatic carbocycles. The first-order valence-electron chi connectivity index (χ1n) is 4.62. The van der Waals surface area contributed by atoms with Crippen molar-refractivity contribution in [3.63, 3.8) is 0 Å². The van der Waals surface area contributed by atoms with Crippen molar-refractivity contribution in [1.29, 1.82) is 0 Å². The van der Waals surface area contributed by atoms with E-state index >= 15 is 0 Å². The maximum atomic E-state index is 8.59. The fraction of sp³-hybridized carbons (Fsp3) is 0.500. The van der Waals surface area contributed by atoms with E-state index in [-0.39, 0.29) is 6.61 Å². The lowest BCUT2D eigenvalue weighted by Gasteiger charge is -2.06. The van der Waals surface area contributed by atoms with Crippen molar-refractivity contribution in [3.8, 4) is 0 Å². The van der Waals surface area contributed by atoms with Crippen LogP contribution in [0.15, 0.2) is 18.3 Å². The molecule has 13 heavy (non-hydrogen) atoms. The summed E-state index contributed by atoms with van der Waals surface area (Å²) in [5.74, 6) is 0. The monoisotopic (exact) mass is 180 g/mol. The second-order valence-corrected chi connectivity index (χ2v) is 2.86. The number of aliphatic hydroxyl groups excluding tert-OH is 1. The zero-order valence-corrected chi connectivity index (χ0v) is 7.95. The molecule has 0 radical (unpaired) electrons. The van der Waals surface area contributed by atoms with Crippen LogP contribution in [0.25, 0.3) is 0 Å². The van der Waals surface area contributed by atoms with Gasteiger partial charge in [0.05, 0.1) is 12.3 Å². The molecule has 1 aromatic heterocycles. The van der Waals surface area contributed by atoms with Crippen LogP contribution in [0, 0.1) is 0 Å². The third kappa shape index (κ3) is 3.13. The topological polar surface area (TPSA) is 45.2 Å². The Hall–Kier alpha value is -0.930. The van der Waals surface area contributed by atoms with Gasteiger partial charge in [0.1, 0.15) is 0 Å². The lowest BCUT2D eigenvalue weighted by Crippen LogP contribution is -2.19. The Kier molecular flexibility index (Phi) is 4.43. The molecule has 1 rings (SSSR count). The Morgan fingerprint density at radius 3 is 3.08 bits per heavy atom. The van der Waals surface area contributed by atoms with E-state index < -0.39 is 0 Å². The number of nitrogens with zero attached hydrogens (tertiary/aromatic N) is 1. The summed E-state index contributed by atoms with van der Waals surface area (Å²) in [6.07, 6.45) is 2.80. The Morgan fingerprint density at radius 1 is 1.54 bits per heavy atom. The van der Waals surface area contributed by atoms with Crippen molar-refractivity contribution in [2.75, 3.05) is 13.2 Å². The zero-order chi connectivity index (χ0) is 9.52. The average molecular weight is 180 g/mol. The molecular formula is C10H16N2O. The predicted molar refractivity (Wildman–Crippen MR) is 52.4 cm³/mol. The smallest absolute Gasteiger partial charge is 0.0573 e. The lowest BCUT2D eigenvalue weighted by atomic mass is 10.1. The van der Waals surface area contributed by atoms with Crippen LogP contribution in [-0.2, 0) is 13.0 Å². The second kappa shape index (κ2) is 5.67. The number of nitrogens with one attached hydrogen (secondary N) is 1. The molecule has 0 fully saturated rings. The third-order valence-corrected chi connectivity index (χ3v) is 1.95. The Labute approximate surface area is 78.8 Å². The molecule has 0 unspecified atom stereocenters. The van der Waals surface area contributed by atoms with Gasteiger partial charge in [0.25, 0.3) is 0 Å². The number of aryl methyl sites for hydroxylation is 1. The number of aliphatic hydroxyl groups is 1. The van der Waals surface area contributed by atoms with Gasteiger partial charge in [-0.15, -0.1) is 0 Å². The summed E-state index contributed by atoms with van der Waals surface area (Å²) < 4.78 is 0. The van der Waals surface area contributed by atoms with E-state index in [0.717, 1.165) is 18.7 Å². The van der Waals surface area contributed by atoms with Gasteiger partial charge in [-0.2, -0.15) is 0 Å². The molecule has 0 spiro atoms. The standard InChI is InChI=1S/C10H16N2O/c1-2-9-4-3-5-12-10(9)8-11-6-7-13/h3-5,11,13H,2,6-8H2,1H3. The highest BCUT2D eigenvalue weighted by atomic mass is 16.3. The SMILES string of the molecule is CCc1cccnc1CNCCO. The van der Waals surface area contributed by atoms with Crippen molar-refractivity contribution >= 4 is 0 Å². The van der Waals surface area contributed by atoms with E-state index in [1.54, 1.807) is 6.20 Å². The van der Waals surface area contributed by atoms with Gasteiger partial charge in [0, 0.05) is 19.3 Å². The van der Waals surface area contributed by atoms with E-state index in [1.807, 2.05) is 6.07 Å². The van der Waals surface area contributed by atoms with E-state index in [4.69, 9.17) is 5.11 Å². The predicted octanol–water partition coefficient (Wildman–Crippen LogP) is 0.726.